The second kappa shape index (κ2) is 5.97. The summed E-state index contributed by atoms with van der Waals surface area (Å²) in [6.45, 7) is 2.02. The van der Waals surface area contributed by atoms with E-state index >= 15 is 0 Å². The molecule has 0 bridgehead atoms. The normalized spacial score (nSPS) is 25.3. The number of pyridine rings is 1. The van der Waals surface area contributed by atoms with Crippen LogP contribution < -0.4 is 5.32 Å². The van der Waals surface area contributed by atoms with Crippen molar-refractivity contribution in [3.8, 4) is 0 Å². The lowest BCUT2D eigenvalue weighted by atomic mass is 9.76. The highest BCUT2D eigenvalue weighted by Crippen LogP contribution is 2.37. The molecule has 1 aromatic rings. The van der Waals surface area contributed by atoms with Crippen LogP contribution in [0.2, 0.25) is 0 Å². The lowest BCUT2D eigenvalue weighted by Gasteiger charge is -2.37. The van der Waals surface area contributed by atoms with E-state index in [9.17, 15) is 20.0 Å². The third-order valence-corrected chi connectivity index (χ3v) is 4.41. The van der Waals surface area contributed by atoms with Gasteiger partial charge in [-0.2, -0.15) is 0 Å². The van der Waals surface area contributed by atoms with Gasteiger partial charge in [-0.15, -0.1) is 0 Å². The number of nitrogens with zero attached hydrogens (tertiary/aromatic N) is 2. The lowest BCUT2D eigenvalue weighted by molar-refractivity contribution is -0.385. The summed E-state index contributed by atoms with van der Waals surface area (Å²) in [5.41, 5.74) is -1.21. The Morgan fingerprint density at radius 2 is 2.38 bits per heavy atom. The molecule has 2 rings (SSSR count). The first-order valence-corrected chi connectivity index (χ1v) is 7.45. The van der Waals surface area contributed by atoms with Crippen molar-refractivity contribution >= 4 is 33.4 Å². The van der Waals surface area contributed by atoms with Gasteiger partial charge in [0.1, 0.15) is 17.6 Å². The topological polar surface area (TPSA) is 105 Å². The largest absolute Gasteiger partial charge is 0.480 e. The molecule has 2 N–H and O–H groups in total. The van der Waals surface area contributed by atoms with E-state index < -0.39 is 16.4 Å². The Hall–Kier alpha value is -1.70. The average Bonchev–Trinajstić information content (AvgIpc) is 2.40. The molecule has 21 heavy (non-hydrogen) atoms. The number of carboxylic acids is 1. The second-order valence-electron chi connectivity index (χ2n) is 5.49. The molecule has 1 aromatic heterocycles. The molecule has 0 saturated heterocycles. The van der Waals surface area contributed by atoms with Gasteiger partial charge >= 0.3 is 5.97 Å². The zero-order valence-electron chi connectivity index (χ0n) is 11.5. The minimum atomic E-state index is -1.07. The maximum Gasteiger partial charge on any atom is 0.329 e. The fraction of sp³-hybridized carbons (Fsp3) is 0.538. The molecule has 0 spiro atoms. The third-order valence-electron chi connectivity index (χ3n) is 3.80. The molecule has 114 valence electrons. The summed E-state index contributed by atoms with van der Waals surface area (Å²) < 4.78 is 0.385. The number of carbonyl (C=O) groups is 1. The van der Waals surface area contributed by atoms with Crippen LogP contribution in [-0.4, -0.2) is 26.5 Å². The van der Waals surface area contributed by atoms with Crippen LogP contribution >= 0.6 is 15.9 Å². The molecule has 0 radical (unpaired) electrons. The maximum absolute atomic E-state index is 11.7. The van der Waals surface area contributed by atoms with Gasteiger partial charge in [0.05, 0.1) is 9.40 Å². The number of aliphatic carboxylic acids is 1. The van der Waals surface area contributed by atoms with Crippen LogP contribution in [0.5, 0.6) is 0 Å². The molecule has 2 atom stereocenters. The Kier molecular flexibility index (Phi) is 4.46. The summed E-state index contributed by atoms with van der Waals surface area (Å²) in [5, 5.41) is 23.3. The number of hydrogen-bond acceptors (Lipinski definition) is 5. The molecule has 8 heteroatoms. The van der Waals surface area contributed by atoms with Crippen molar-refractivity contribution < 1.29 is 14.8 Å². The molecule has 7 nitrogen and oxygen atoms in total. The van der Waals surface area contributed by atoms with Gasteiger partial charge in [0.25, 0.3) is 5.69 Å². The Morgan fingerprint density at radius 1 is 1.67 bits per heavy atom. The molecule has 0 aliphatic heterocycles. The molecular weight excluding hydrogens is 342 g/mol. The number of nitrogens with one attached hydrogen (secondary N) is 1. The number of carboxylic acid groups (broad SMARTS) is 1. The SMILES string of the molecule is CC1CCCC(Nc2ncc([N+](=O)[O-])cc2Br)(C(=O)O)C1. The number of hydrogen-bond donors (Lipinski definition) is 2. The highest BCUT2D eigenvalue weighted by Gasteiger charge is 2.42. The molecule has 0 amide bonds. The molecule has 2 unspecified atom stereocenters. The van der Waals surface area contributed by atoms with Crippen molar-refractivity contribution in [1.29, 1.82) is 0 Å². The summed E-state index contributed by atoms with van der Waals surface area (Å²) >= 11 is 3.21. The first-order valence-electron chi connectivity index (χ1n) is 6.65. The van der Waals surface area contributed by atoms with E-state index in [1.165, 1.54) is 6.07 Å². The Morgan fingerprint density at radius 3 is 2.90 bits per heavy atom. The van der Waals surface area contributed by atoms with Crippen LogP contribution in [0.25, 0.3) is 0 Å². The number of rotatable bonds is 4. The van der Waals surface area contributed by atoms with Crippen molar-refractivity contribution in [1.82, 2.24) is 4.98 Å². The summed E-state index contributed by atoms with van der Waals surface area (Å²) in [6, 6.07) is 1.32. The van der Waals surface area contributed by atoms with Gasteiger partial charge in [0, 0.05) is 6.07 Å². The summed E-state index contributed by atoms with van der Waals surface area (Å²) in [6.07, 6.45) is 3.97. The van der Waals surface area contributed by atoms with Crippen LogP contribution in [0.4, 0.5) is 11.5 Å². The first-order chi connectivity index (χ1) is 9.84. The Bertz CT molecular complexity index is 581. The average molecular weight is 358 g/mol. The van der Waals surface area contributed by atoms with Crippen LogP contribution in [-0.2, 0) is 4.79 Å². The summed E-state index contributed by atoms with van der Waals surface area (Å²) in [7, 11) is 0. The van der Waals surface area contributed by atoms with Gasteiger partial charge in [0.15, 0.2) is 0 Å². The van der Waals surface area contributed by atoms with Crippen molar-refractivity contribution in [2.75, 3.05) is 5.32 Å². The van der Waals surface area contributed by atoms with Crippen LogP contribution in [0, 0.1) is 16.0 Å². The van der Waals surface area contributed by atoms with Crippen LogP contribution in [0.3, 0.4) is 0 Å². The molecule has 0 aromatic carbocycles. The minimum absolute atomic E-state index is 0.145. The zero-order chi connectivity index (χ0) is 15.6. The van der Waals surface area contributed by atoms with Gasteiger partial charge in [0.2, 0.25) is 0 Å². The van der Waals surface area contributed by atoms with E-state index in [1.54, 1.807) is 0 Å². The van der Waals surface area contributed by atoms with E-state index in [0.29, 0.717) is 29.1 Å². The van der Waals surface area contributed by atoms with E-state index in [2.05, 4.69) is 26.2 Å². The molecule has 1 aliphatic carbocycles. The molecule has 1 heterocycles. The second-order valence-corrected chi connectivity index (χ2v) is 6.35. The van der Waals surface area contributed by atoms with E-state index in [0.717, 1.165) is 19.0 Å². The number of nitro groups is 1. The predicted octanol–water partition coefficient (Wildman–Crippen LogP) is 3.20. The number of aromatic nitrogens is 1. The molecule has 1 aliphatic rings. The van der Waals surface area contributed by atoms with E-state index in [-0.39, 0.29) is 5.69 Å². The first kappa shape index (κ1) is 15.7. The van der Waals surface area contributed by atoms with Crippen LogP contribution in [0.15, 0.2) is 16.7 Å². The smallest absolute Gasteiger partial charge is 0.329 e. The summed E-state index contributed by atoms with van der Waals surface area (Å²) in [5.74, 6) is -0.294. The van der Waals surface area contributed by atoms with Gasteiger partial charge in [-0.05, 0) is 34.7 Å². The zero-order valence-corrected chi connectivity index (χ0v) is 13.1. The predicted molar refractivity (Wildman–Crippen MR) is 80.2 cm³/mol. The molecular formula is C13H16BrN3O4. The monoisotopic (exact) mass is 357 g/mol. The fourth-order valence-corrected chi connectivity index (χ4v) is 3.19. The quantitative estimate of drug-likeness (QED) is 0.633. The van der Waals surface area contributed by atoms with E-state index in [4.69, 9.17) is 0 Å². The van der Waals surface area contributed by atoms with Crippen molar-refractivity contribution in [3.63, 3.8) is 0 Å². The van der Waals surface area contributed by atoms with Crippen molar-refractivity contribution in [2.24, 2.45) is 5.92 Å². The maximum atomic E-state index is 11.7. The molecule has 1 saturated carbocycles. The minimum Gasteiger partial charge on any atom is -0.480 e. The van der Waals surface area contributed by atoms with Crippen molar-refractivity contribution in [3.05, 3.63) is 26.9 Å². The van der Waals surface area contributed by atoms with Crippen molar-refractivity contribution in [2.45, 2.75) is 38.1 Å². The third kappa shape index (κ3) is 3.31. The number of anilines is 1. The Balaban J connectivity index is 2.29. The van der Waals surface area contributed by atoms with Gasteiger partial charge < -0.3 is 10.4 Å². The van der Waals surface area contributed by atoms with Gasteiger partial charge in [-0.3, -0.25) is 10.1 Å². The van der Waals surface area contributed by atoms with Gasteiger partial charge in [-0.1, -0.05) is 19.8 Å². The highest BCUT2D eigenvalue weighted by molar-refractivity contribution is 9.10. The van der Waals surface area contributed by atoms with E-state index in [1.807, 2.05) is 6.92 Å². The summed E-state index contributed by atoms with van der Waals surface area (Å²) in [4.78, 5) is 25.8. The molecule has 1 fully saturated rings. The van der Waals surface area contributed by atoms with Gasteiger partial charge in [-0.25, -0.2) is 9.78 Å². The highest BCUT2D eigenvalue weighted by atomic mass is 79.9. The standard InChI is InChI=1S/C13H16BrN3O4/c1-8-3-2-4-13(6-8,12(18)19)16-11-10(14)5-9(7-15-11)17(20)21/h5,7-8H,2-4,6H2,1H3,(H,15,16)(H,18,19). The lowest BCUT2D eigenvalue weighted by Crippen LogP contribution is -2.49. The number of halogens is 1. The van der Waals surface area contributed by atoms with Crippen LogP contribution in [0.1, 0.15) is 32.6 Å². The Labute approximate surface area is 130 Å². The fourth-order valence-electron chi connectivity index (χ4n) is 2.76.